The number of hydrogen-bond donors (Lipinski definition) is 0. The standard InChI is InChI=1S/C45H26N4OS/c1-2-12-27(13-3-1)43-46-44(34-19-10-18-32-31-15-6-9-23-40(31)51-42(32)34)48-45(47-43)49-36-20-7-4-14-30(36)35-26-28(24-25-37(35)49)29-17-11-22-39-41(29)33-16-5-8-21-38(33)50-39/h1-26H. The summed E-state index contributed by atoms with van der Waals surface area (Å²) in [5.74, 6) is 1.87. The number of rotatable bonds is 4. The lowest BCUT2D eigenvalue weighted by Gasteiger charge is -2.11. The molecule has 0 aliphatic rings. The van der Waals surface area contributed by atoms with Gasteiger partial charge in [-0.1, -0.05) is 115 Å². The Morgan fingerprint density at radius 1 is 0.451 bits per heavy atom. The summed E-state index contributed by atoms with van der Waals surface area (Å²) in [6.45, 7) is 0. The number of aromatic nitrogens is 4. The predicted molar refractivity (Wildman–Crippen MR) is 211 cm³/mol. The third-order valence-corrected chi connectivity index (χ3v) is 11.1. The quantitative estimate of drug-likeness (QED) is 0.187. The molecule has 0 fully saturated rings. The third-order valence-electron chi connectivity index (χ3n) is 9.89. The monoisotopic (exact) mass is 670 g/mol. The second-order valence-corrected chi connectivity index (χ2v) is 13.8. The highest BCUT2D eigenvalue weighted by Gasteiger charge is 2.21. The molecular weight excluding hydrogens is 645 g/mol. The fourth-order valence-electron chi connectivity index (χ4n) is 7.60. The number of nitrogens with zero attached hydrogens (tertiary/aromatic N) is 4. The van der Waals surface area contributed by atoms with Crippen LogP contribution in [0.4, 0.5) is 0 Å². The van der Waals surface area contributed by atoms with E-state index in [4.69, 9.17) is 19.4 Å². The fraction of sp³-hybridized carbons (Fsp3) is 0. The van der Waals surface area contributed by atoms with Crippen molar-refractivity contribution < 1.29 is 4.42 Å². The van der Waals surface area contributed by atoms with Gasteiger partial charge in [-0.15, -0.1) is 11.3 Å². The Balaban J connectivity index is 1.17. The molecule has 0 spiro atoms. The SMILES string of the molecule is c1ccc(-c2nc(-c3cccc4c3sc3ccccc34)nc(-n3c4ccccc4c4cc(-c5cccc6oc7ccccc7c56)ccc43)n2)cc1. The van der Waals surface area contributed by atoms with Gasteiger partial charge in [0.2, 0.25) is 5.95 Å². The molecule has 0 bridgehead atoms. The maximum Gasteiger partial charge on any atom is 0.238 e. The minimum absolute atomic E-state index is 0.582. The number of fused-ring (bicyclic) bond motifs is 9. The first-order chi connectivity index (χ1) is 25.3. The van der Waals surface area contributed by atoms with Crippen molar-refractivity contribution in [2.24, 2.45) is 0 Å². The lowest BCUT2D eigenvalue weighted by Crippen LogP contribution is -2.06. The molecule has 0 unspecified atom stereocenters. The van der Waals surface area contributed by atoms with E-state index in [1.165, 1.54) is 20.2 Å². The number of hydrogen-bond acceptors (Lipinski definition) is 5. The Kier molecular flexibility index (Phi) is 6.05. The van der Waals surface area contributed by atoms with Crippen LogP contribution in [0.3, 0.4) is 0 Å². The summed E-state index contributed by atoms with van der Waals surface area (Å²) in [6, 6.07) is 54.9. The summed E-state index contributed by atoms with van der Waals surface area (Å²) >= 11 is 1.78. The molecule has 11 aromatic rings. The fourth-order valence-corrected chi connectivity index (χ4v) is 8.81. The first-order valence-corrected chi connectivity index (χ1v) is 17.8. The van der Waals surface area contributed by atoms with Crippen LogP contribution in [0.15, 0.2) is 162 Å². The lowest BCUT2D eigenvalue weighted by atomic mass is 9.98. The first kappa shape index (κ1) is 28.2. The molecule has 0 saturated heterocycles. The highest BCUT2D eigenvalue weighted by Crippen LogP contribution is 2.42. The molecule has 0 saturated carbocycles. The van der Waals surface area contributed by atoms with Gasteiger partial charge in [-0.2, -0.15) is 9.97 Å². The molecule has 11 rings (SSSR count). The summed E-state index contributed by atoms with van der Waals surface area (Å²) in [7, 11) is 0. The minimum Gasteiger partial charge on any atom is -0.456 e. The Bertz CT molecular complexity index is 3150. The van der Waals surface area contributed by atoms with Gasteiger partial charge < -0.3 is 4.42 Å². The van der Waals surface area contributed by atoms with E-state index in [-0.39, 0.29) is 0 Å². The van der Waals surface area contributed by atoms with Crippen LogP contribution in [0, 0.1) is 0 Å². The Morgan fingerprint density at radius 3 is 2.06 bits per heavy atom. The van der Waals surface area contributed by atoms with Crippen LogP contribution in [-0.2, 0) is 0 Å². The average molecular weight is 671 g/mol. The van der Waals surface area contributed by atoms with E-state index >= 15 is 0 Å². The van der Waals surface area contributed by atoms with Crippen LogP contribution in [0.5, 0.6) is 0 Å². The Labute approximate surface area is 295 Å². The van der Waals surface area contributed by atoms with Crippen molar-refractivity contribution in [1.29, 1.82) is 0 Å². The van der Waals surface area contributed by atoms with Crippen LogP contribution in [0.2, 0.25) is 0 Å². The molecule has 51 heavy (non-hydrogen) atoms. The number of benzene rings is 7. The third kappa shape index (κ3) is 4.30. The molecule has 0 atom stereocenters. The molecule has 238 valence electrons. The highest BCUT2D eigenvalue weighted by atomic mass is 32.1. The van der Waals surface area contributed by atoms with E-state index in [2.05, 4.69) is 126 Å². The molecule has 0 amide bonds. The van der Waals surface area contributed by atoms with Crippen molar-refractivity contribution in [2.45, 2.75) is 0 Å². The van der Waals surface area contributed by atoms with Crippen molar-refractivity contribution >= 4 is 75.3 Å². The molecule has 5 nitrogen and oxygen atoms in total. The van der Waals surface area contributed by atoms with Crippen molar-refractivity contribution in [2.75, 3.05) is 0 Å². The molecule has 4 heterocycles. The Morgan fingerprint density at radius 2 is 1.14 bits per heavy atom. The molecule has 7 aromatic carbocycles. The molecular formula is C45H26N4OS. The summed E-state index contributed by atoms with van der Waals surface area (Å²) < 4.78 is 10.8. The van der Waals surface area contributed by atoms with Gasteiger partial charge in [0.1, 0.15) is 11.2 Å². The van der Waals surface area contributed by atoms with Gasteiger partial charge in [0.25, 0.3) is 0 Å². The van der Waals surface area contributed by atoms with Crippen LogP contribution < -0.4 is 0 Å². The molecule has 0 radical (unpaired) electrons. The van der Waals surface area contributed by atoms with E-state index in [0.29, 0.717) is 17.6 Å². The first-order valence-electron chi connectivity index (χ1n) is 16.9. The highest BCUT2D eigenvalue weighted by molar-refractivity contribution is 7.26. The number of furan rings is 1. The predicted octanol–water partition coefficient (Wildman–Crippen LogP) is 12.2. The largest absolute Gasteiger partial charge is 0.456 e. The topological polar surface area (TPSA) is 56.7 Å². The van der Waals surface area contributed by atoms with Crippen molar-refractivity contribution in [1.82, 2.24) is 19.5 Å². The van der Waals surface area contributed by atoms with Gasteiger partial charge >= 0.3 is 0 Å². The van der Waals surface area contributed by atoms with Gasteiger partial charge in [-0.05, 0) is 53.6 Å². The second kappa shape index (κ2) is 10.9. The molecule has 0 aliphatic carbocycles. The molecule has 0 aliphatic heterocycles. The Hall–Kier alpha value is -6.63. The number of thiophene rings is 1. The maximum atomic E-state index is 6.25. The minimum atomic E-state index is 0.582. The van der Waals surface area contributed by atoms with E-state index in [0.717, 1.165) is 66.0 Å². The van der Waals surface area contributed by atoms with E-state index < -0.39 is 0 Å². The molecule has 4 aromatic heterocycles. The summed E-state index contributed by atoms with van der Waals surface area (Å²) in [4.78, 5) is 15.6. The zero-order chi connectivity index (χ0) is 33.5. The van der Waals surface area contributed by atoms with E-state index in [1.807, 2.05) is 36.4 Å². The van der Waals surface area contributed by atoms with Crippen LogP contribution in [0.25, 0.3) is 104 Å². The summed E-state index contributed by atoms with van der Waals surface area (Å²) in [5, 5.41) is 6.96. The zero-order valence-corrected chi connectivity index (χ0v) is 27.9. The van der Waals surface area contributed by atoms with Gasteiger partial charge in [-0.3, -0.25) is 4.57 Å². The smallest absolute Gasteiger partial charge is 0.238 e. The maximum absolute atomic E-state index is 6.25. The molecule has 0 N–H and O–H groups in total. The van der Waals surface area contributed by atoms with Crippen LogP contribution >= 0.6 is 11.3 Å². The van der Waals surface area contributed by atoms with Crippen molar-refractivity contribution in [3.05, 3.63) is 158 Å². The second-order valence-electron chi connectivity index (χ2n) is 12.8. The summed E-state index contributed by atoms with van der Waals surface area (Å²) in [5.41, 5.74) is 8.04. The van der Waals surface area contributed by atoms with Crippen molar-refractivity contribution in [3.8, 4) is 39.9 Å². The van der Waals surface area contributed by atoms with E-state index in [1.54, 1.807) is 11.3 Å². The van der Waals surface area contributed by atoms with Crippen LogP contribution in [0.1, 0.15) is 0 Å². The van der Waals surface area contributed by atoms with Gasteiger partial charge in [-0.25, -0.2) is 4.98 Å². The van der Waals surface area contributed by atoms with Gasteiger partial charge in [0, 0.05) is 52.8 Å². The zero-order valence-electron chi connectivity index (χ0n) is 27.1. The molecule has 6 heteroatoms. The average Bonchev–Trinajstić information content (AvgIpc) is 3.87. The van der Waals surface area contributed by atoms with Crippen LogP contribution in [-0.4, -0.2) is 19.5 Å². The summed E-state index contributed by atoms with van der Waals surface area (Å²) in [6.07, 6.45) is 0. The van der Waals surface area contributed by atoms with Gasteiger partial charge in [0.15, 0.2) is 11.6 Å². The number of para-hydroxylation sites is 2. The normalized spacial score (nSPS) is 11.9. The lowest BCUT2D eigenvalue weighted by molar-refractivity contribution is 0.669. The van der Waals surface area contributed by atoms with Crippen molar-refractivity contribution in [3.63, 3.8) is 0 Å². The van der Waals surface area contributed by atoms with E-state index in [9.17, 15) is 0 Å². The van der Waals surface area contributed by atoms with Gasteiger partial charge in [0.05, 0.1) is 11.0 Å².